The second-order valence-corrected chi connectivity index (χ2v) is 8.34. The Kier molecular flexibility index (Phi) is 8.16. The van der Waals surface area contributed by atoms with E-state index in [4.69, 9.17) is 4.74 Å². The van der Waals surface area contributed by atoms with Crippen LogP contribution in [-0.4, -0.2) is 22.5 Å². The molecule has 2 rings (SSSR count). The van der Waals surface area contributed by atoms with Gasteiger partial charge in [0.25, 0.3) is 0 Å². The standard InChI is InChI=1S/C24H34N2O2/c1-6-7-8-14-28-23(27)22-25-16-20(17-26-22)15-18(2)11-12-21-19(3)10-9-13-24(21,4)5/h11-12,15-17H,6-10,13-14H2,1-5H3/b12-11?,18-15+. The lowest BCUT2D eigenvalue weighted by Gasteiger charge is -2.32. The molecular weight excluding hydrogens is 348 g/mol. The summed E-state index contributed by atoms with van der Waals surface area (Å²) >= 11 is 0. The maximum absolute atomic E-state index is 11.9. The van der Waals surface area contributed by atoms with Gasteiger partial charge in [-0.25, -0.2) is 14.8 Å². The van der Waals surface area contributed by atoms with Gasteiger partial charge >= 0.3 is 5.97 Å². The van der Waals surface area contributed by atoms with E-state index in [2.05, 4.69) is 56.7 Å². The average molecular weight is 383 g/mol. The molecule has 0 N–H and O–H groups in total. The molecule has 0 radical (unpaired) electrons. The number of ether oxygens (including phenoxy) is 1. The van der Waals surface area contributed by atoms with E-state index in [-0.39, 0.29) is 11.2 Å². The van der Waals surface area contributed by atoms with Gasteiger partial charge in [0.2, 0.25) is 5.82 Å². The van der Waals surface area contributed by atoms with Crippen LogP contribution in [-0.2, 0) is 4.74 Å². The fraction of sp³-hybridized carbons (Fsp3) is 0.542. The van der Waals surface area contributed by atoms with Crippen LogP contribution in [0.25, 0.3) is 6.08 Å². The molecule has 0 saturated carbocycles. The number of esters is 1. The Bertz CT molecular complexity index is 755. The molecule has 28 heavy (non-hydrogen) atoms. The summed E-state index contributed by atoms with van der Waals surface area (Å²) < 4.78 is 5.19. The first kappa shape index (κ1) is 22.1. The quantitative estimate of drug-likeness (QED) is 0.300. The zero-order valence-corrected chi connectivity index (χ0v) is 18.0. The minimum Gasteiger partial charge on any atom is -0.460 e. The molecule has 0 fully saturated rings. The lowest BCUT2D eigenvalue weighted by molar-refractivity contribution is 0.0483. The van der Waals surface area contributed by atoms with Gasteiger partial charge in [0.1, 0.15) is 0 Å². The van der Waals surface area contributed by atoms with Gasteiger partial charge in [-0.3, -0.25) is 0 Å². The van der Waals surface area contributed by atoms with Gasteiger partial charge in [-0.15, -0.1) is 0 Å². The first-order chi connectivity index (χ1) is 13.3. The number of carbonyl (C=O) groups excluding carboxylic acids is 1. The second-order valence-electron chi connectivity index (χ2n) is 8.34. The van der Waals surface area contributed by atoms with Crippen molar-refractivity contribution in [3.63, 3.8) is 0 Å². The Morgan fingerprint density at radius 2 is 1.96 bits per heavy atom. The van der Waals surface area contributed by atoms with Crippen molar-refractivity contribution in [2.45, 2.75) is 73.1 Å². The number of hydrogen-bond acceptors (Lipinski definition) is 4. The topological polar surface area (TPSA) is 52.1 Å². The lowest BCUT2D eigenvalue weighted by Crippen LogP contribution is -2.19. The Morgan fingerprint density at radius 1 is 1.25 bits per heavy atom. The highest BCUT2D eigenvalue weighted by molar-refractivity contribution is 5.85. The van der Waals surface area contributed by atoms with E-state index in [1.54, 1.807) is 12.4 Å². The molecule has 152 valence electrons. The van der Waals surface area contributed by atoms with Crippen LogP contribution in [0, 0.1) is 5.41 Å². The minimum absolute atomic E-state index is 0.117. The summed E-state index contributed by atoms with van der Waals surface area (Å²) in [6.07, 6.45) is 16.5. The molecule has 1 aliphatic rings. The van der Waals surface area contributed by atoms with E-state index in [1.165, 1.54) is 30.4 Å². The summed E-state index contributed by atoms with van der Waals surface area (Å²) in [6.45, 7) is 11.5. The molecule has 0 aromatic carbocycles. The molecule has 0 saturated heterocycles. The predicted molar refractivity (Wildman–Crippen MR) is 115 cm³/mol. The predicted octanol–water partition coefficient (Wildman–Crippen LogP) is 6.31. The maximum Gasteiger partial charge on any atom is 0.376 e. The second kappa shape index (κ2) is 10.4. The molecule has 4 heteroatoms. The van der Waals surface area contributed by atoms with Crippen LogP contribution in [0.15, 0.2) is 41.3 Å². The monoisotopic (exact) mass is 382 g/mol. The Labute approximate surface area is 169 Å². The van der Waals surface area contributed by atoms with E-state index in [1.807, 2.05) is 6.08 Å². The molecule has 0 bridgehead atoms. The lowest BCUT2D eigenvalue weighted by atomic mass is 9.72. The Morgan fingerprint density at radius 3 is 2.61 bits per heavy atom. The van der Waals surface area contributed by atoms with Crippen molar-refractivity contribution in [3.05, 3.63) is 52.7 Å². The number of unbranched alkanes of at least 4 members (excludes halogenated alkanes) is 2. The van der Waals surface area contributed by atoms with Crippen LogP contribution in [0.5, 0.6) is 0 Å². The highest BCUT2D eigenvalue weighted by Crippen LogP contribution is 2.40. The largest absolute Gasteiger partial charge is 0.460 e. The molecule has 1 heterocycles. The summed E-state index contributed by atoms with van der Waals surface area (Å²) in [7, 11) is 0. The van der Waals surface area contributed by atoms with Crippen molar-refractivity contribution in [3.8, 4) is 0 Å². The van der Waals surface area contributed by atoms with Crippen LogP contribution in [0.1, 0.15) is 89.3 Å². The van der Waals surface area contributed by atoms with Crippen LogP contribution < -0.4 is 0 Å². The number of hydrogen-bond donors (Lipinski definition) is 0. The minimum atomic E-state index is -0.454. The van der Waals surface area contributed by atoms with Gasteiger partial charge < -0.3 is 4.74 Å². The summed E-state index contributed by atoms with van der Waals surface area (Å²) in [6, 6.07) is 0. The van der Waals surface area contributed by atoms with Gasteiger partial charge in [0, 0.05) is 18.0 Å². The first-order valence-corrected chi connectivity index (χ1v) is 10.4. The fourth-order valence-corrected chi connectivity index (χ4v) is 3.64. The van der Waals surface area contributed by atoms with Crippen LogP contribution in [0.3, 0.4) is 0 Å². The van der Waals surface area contributed by atoms with E-state index >= 15 is 0 Å². The molecule has 4 nitrogen and oxygen atoms in total. The molecular formula is C24H34N2O2. The number of carbonyl (C=O) groups is 1. The summed E-state index contributed by atoms with van der Waals surface area (Å²) in [4.78, 5) is 20.2. The summed E-state index contributed by atoms with van der Waals surface area (Å²) in [5.74, 6) is -0.336. The molecule has 1 aliphatic carbocycles. The van der Waals surface area contributed by atoms with Crippen LogP contribution >= 0.6 is 0 Å². The smallest absolute Gasteiger partial charge is 0.376 e. The van der Waals surface area contributed by atoms with Crippen LogP contribution in [0.4, 0.5) is 0 Å². The third-order valence-corrected chi connectivity index (χ3v) is 5.29. The number of aromatic nitrogens is 2. The van der Waals surface area contributed by atoms with E-state index in [0.717, 1.165) is 30.4 Å². The third-order valence-electron chi connectivity index (χ3n) is 5.29. The van der Waals surface area contributed by atoms with Crippen molar-refractivity contribution >= 4 is 12.0 Å². The molecule has 0 atom stereocenters. The Hall–Kier alpha value is -2.23. The van der Waals surface area contributed by atoms with Crippen molar-refractivity contribution in [2.75, 3.05) is 6.61 Å². The van der Waals surface area contributed by atoms with Gasteiger partial charge in [0.05, 0.1) is 6.61 Å². The average Bonchev–Trinajstić information content (AvgIpc) is 2.64. The van der Waals surface area contributed by atoms with Crippen molar-refractivity contribution in [1.29, 1.82) is 0 Å². The third kappa shape index (κ3) is 6.43. The highest BCUT2D eigenvalue weighted by atomic mass is 16.5. The van der Waals surface area contributed by atoms with E-state index < -0.39 is 5.97 Å². The fourth-order valence-electron chi connectivity index (χ4n) is 3.64. The van der Waals surface area contributed by atoms with Crippen molar-refractivity contribution < 1.29 is 9.53 Å². The zero-order chi connectivity index (χ0) is 20.6. The van der Waals surface area contributed by atoms with Crippen LogP contribution in [0.2, 0.25) is 0 Å². The SMILES string of the molecule is CCCCCOC(=O)c1ncc(/C=C(\C)C=CC2=C(C)CCCC2(C)C)cn1. The number of nitrogens with zero attached hydrogens (tertiary/aromatic N) is 2. The van der Waals surface area contributed by atoms with Crippen molar-refractivity contribution in [2.24, 2.45) is 5.41 Å². The van der Waals surface area contributed by atoms with Gasteiger partial charge in [-0.2, -0.15) is 0 Å². The summed E-state index contributed by atoms with van der Waals surface area (Å²) in [5.41, 5.74) is 5.18. The van der Waals surface area contributed by atoms with E-state index in [9.17, 15) is 4.79 Å². The van der Waals surface area contributed by atoms with E-state index in [0.29, 0.717) is 6.61 Å². The van der Waals surface area contributed by atoms with Gasteiger partial charge in [-0.05, 0) is 56.6 Å². The zero-order valence-electron chi connectivity index (χ0n) is 18.0. The number of rotatable bonds is 8. The molecule has 0 aliphatic heterocycles. The molecule has 0 amide bonds. The summed E-state index contributed by atoms with van der Waals surface area (Å²) in [5, 5.41) is 0. The number of allylic oxidation sites excluding steroid dienone is 5. The van der Waals surface area contributed by atoms with Gasteiger partial charge in [-0.1, -0.05) is 56.9 Å². The van der Waals surface area contributed by atoms with Gasteiger partial charge in [0.15, 0.2) is 0 Å². The maximum atomic E-state index is 11.9. The highest BCUT2D eigenvalue weighted by Gasteiger charge is 2.26. The molecule has 0 spiro atoms. The first-order valence-electron chi connectivity index (χ1n) is 10.4. The molecule has 1 aromatic rings. The molecule has 0 unspecified atom stereocenters. The van der Waals surface area contributed by atoms with Crippen molar-refractivity contribution in [1.82, 2.24) is 9.97 Å². The normalized spacial score (nSPS) is 17.2. The Balaban J connectivity index is 2.00. The molecule has 1 aromatic heterocycles.